The maximum absolute atomic E-state index is 13.5. The average Bonchev–Trinajstić information content (AvgIpc) is 2.38. The molecule has 0 aliphatic carbocycles. The Morgan fingerprint density at radius 2 is 2.00 bits per heavy atom. The standard InChI is InChI=1S/C14H16ClFO3/c1-2-19-13(18)9-8-11(17)7-6-10-4-3-5-12(15)14(10)16/h3-5H,2,6-9H2,1H3. The Hall–Kier alpha value is -1.42. The van der Waals surface area contributed by atoms with E-state index in [1.165, 1.54) is 6.07 Å². The molecule has 0 spiro atoms. The molecular formula is C14H16ClFO3. The number of carbonyl (C=O) groups excluding carboxylic acids is 2. The SMILES string of the molecule is CCOC(=O)CCC(=O)CCc1cccc(Cl)c1F. The fraction of sp³-hybridized carbons (Fsp3) is 0.429. The van der Waals surface area contributed by atoms with Crippen LogP contribution in [-0.2, 0) is 20.7 Å². The highest BCUT2D eigenvalue weighted by Gasteiger charge is 2.10. The second kappa shape index (κ2) is 7.89. The predicted octanol–water partition coefficient (Wildman–Crippen LogP) is 3.32. The lowest BCUT2D eigenvalue weighted by molar-refractivity contribution is -0.144. The van der Waals surface area contributed by atoms with Crippen molar-refractivity contribution in [2.45, 2.75) is 32.6 Å². The number of hydrogen-bond acceptors (Lipinski definition) is 3. The number of benzene rings is 1. The van der Waals surface area contributed by atoms with Crippen LogP contribution >= 0.6 is 11.6 Å². The zero-order valence-electron chi connectivity index (χ0n) is 10.7. The maximum Gasteiger partial charge on any atom is 0.306 e. The fourth-order valence-corrected chi connectivity index (χ4v) is 1.81. The molecule has 1 aromatic carbocycles. The van der Waals surface area contributed by atoms with Gasteiger partial charge < -0.3 is 4.74 Å². The first-order valence-electron chi connectivity index (χ1n) is 6.14. The third kappa shape index (κ3) is 5.39. The number of aryl methyl sites for hydroxylation is 1. The molecule has 0 amide bonds. The number of esters is 1. The number of hydrogen-bond donors (Lipinski definition) is 0. The highest BCUT2D eigenvalue weighted by Crippen LogP contribution is 2.19. The molecular weight excluding hydrogens is 271 g/mol. The lowest BCUT2D eigenvalue weighted by atomic mass is 10.0. The summed E-state index contributed by atoms with van der Waals surface area (Å²) in [6.07, 6.45) is 0.677. The summed E-state index contributed by atoms with van der Waals surface area (Å²) in [6, 6.07) is 4.70. The zero-order chi connectivity index (χ0) is 14.3. The first kappa shape index (κ1) is 15.6. The third-order valence-electron chi connectivity index (χ3n) is 2.62. The van der Waals surface area contributed by atoms with E-state index in [-0.39, 0.29) is 42.5 Å². The van der Waals surface area contributed by atoms with Crippen LogP contribution in [-0.4, -0.2) is 18.4 Å². The van der Waals surface area contributed by atoms with Gasteiger partial charge in [0.05, 0.1) is 18.1 Å². The van der Waals surface area contributed by atoms with Gasteiger partial charge in [-0.3, -0.25) is 9.59 Å². The quantitative estimate of drug-likeness (QED) is 0.722. The molecule has 0 aliphatic rings. The highest BCUT2D eigenvalue weighted by atomic mass is 35.5. The molecule has 3 nitrogen and oxygen atoms in total. The van der Waals surface area contributed by atoms with Crippen molar-refractivity contribution in [1.82, 2.24) is 0 Å². The van der Waals surface area contributed by atoms with Crippen LogP contribution in [0, 0.1) is 5.82 Å². The lowest BCUT2D eigenvalue weighted by Crippen LogP contribution is -2.08. The lowest BCUT2D eigenvalue weighted by Gasteiger charge is -2.04. The number of ether oxygens (including phenoxy) is 1. The van der Waals surface area contributed by atoms with E-state index in [1.54, 1.807) is 19.1 Å². The van der Waals surface area contributed by atoms with Gasteiger partial charge in [0.25, 0.3) is 0 Å². The molecule has 0 fully saturated rings. The average molecular weight is 287 g/mol. The summed E-state index contributed by atoms with van der Waals surface area (Å²) >= 11 is 5.65. The van der Waals surface area contributed by atoms with E-state index in [0.29, 0.717) is 12.2 Å². The Bertz CT molecular complexity index is 460. The van der Waals surface area contributed by atoms with Gasteiger partial charge in [0.15, 0.2) is 0 Å². The minimum Gasteiger partial charge on any atom is -0.466 e. The van der Waals surface area contributed by atoms with E-state index >= 15 is 0 Å². The van der Waals surface area contributed by atoms with E-state index < -0.39 is 5.82 Å². The number of carbonyl (C=O) groups is 2. The van der Waals surface area contributed by atoms with E-state index in [4.69, 9.17) is 16.3 Å². The largest absolute Gasteiger partial charge is 0.466 e. The number of rotatable bonds is 7. The molecule has 0 heterocycles. The van der Waals surface area contributed by atoms with E-state index in [2.05, 4.69) is 0 Å². The molecule has 5 heteroatoms. The predicted molar refractivity (Wildman–Crippen MR) is 70.6 cm³/mol. The monoisotopic (exact) mass is 286 g/mol. The van der Waals surface area contributed by atoms with Gasteiger partial charge in [0.2, 0.25) is 0 Å². The van der Waals surface area contributed by atoms with Gasteiger partial charge in [-0.05, 0) is 25.0 Å². The Labute approximate surface area is 116 Å². The smallest absolute Gasteiger partial charge is 0.306 e. The minimum atomic E-state index is -0.484. The topological polar surface area (TPSA) is 43.4 Å². The van der Waals surface area contributed by atoms with Gasteiger partial charge in [-0.15, -0.1) is 0 Å². The second-order valence-electron chi connectivity index (χ2n) is 4.06. The summed E-state index contributed by atoms with van der Waals surface area (Å²) in [5.41, 5.74) is 0.414. The molecule has 0 aromatic heterocycles. The van der Waals surface area contributed by atoms with Crippen LogP contribution in [0.25, 0.3) is 0 Å². The molecule has 104 valence electrons. The van der Waals surface area contributed by atoms with Gasteiger partial charge in [-0.25, -0.2) is 4.39 Å². The van der Waals surface area contributed by atoms with Crippen molar-refractivity contribution in [2.75, 3.05) is 6.61 Å². The maximum atomic E-state index is 13.5. The molecule has 0 radical (unpaired) electrons. The Kier molecular flexibility index (Phi) is 6.50. The van der Waals surface area contributed by atoms with Crippen LogP contribution in [0.1, 0.15) is 31.7 Å². The van der Waals surface area contributed by atoms with E-state index in [9.17, 15) is 14.0 Å². The summed E-state index contributed by atoms with van der Waals surface area (Å²) in [5, 5.41) is 0.0523. The molecule has 0 atom stereocenters. The number of ketones is 1. The first-order valence-corrected chi connectivity index (χ1v) is 6.52. The summed E-state index contributed by atoms with van der Waals surface area (Å²) < 4.78 is 18.3. The summed E-state index contributed by atoms with van der Waals surface area (Å²) in [6.45, 7) is 2.02. The normalized spacial score (nSPS) is 10.3. The molecule has 1 rings (SSSR count). The molecule has 0 bridgehead atoms. The molecule has 0 N–H and O–H groups in total. The Morgan fingerprint density at radius 3 is 2.68 bits per heavy atom. The summed E-state index contributed by atoms with van der Waals surface area (Å²) in [4.78, 5) is 22.6. The van der Waals surface area contributed by atoms with E-state index in [0.717, 1.165) is 0 Å². The summed E-state index contributed by atoms with van der Waals surface area (Å²) in [7, 11) is 0. The molecule has 0 unspecified atom stereocenters. The van der Waals surface area contributed by atoms with Gasteiger partial charge in [0, 0.05) is 12.8 Å². The van der Waals surface area contributed by atoms with Gasteiger partial charge in [-0.1, -0.05) is 23.7 Å². The van der Waals surface area contributed by atoms with Gasteiger partial charge in [0.1, 0.15) is 11.6 Å². The Morgan fingerprint density at radius 1 is 1.26 bits per heavy atom. The van der Waals surface area contributed by atoms with Crippen molar-refractivity contribution in [3.63, 3.8) is 0 Å². The van der Waals surface area contributed by atoms with Crippen LogP contribution in [0.4, 0.5) is 4.39 Å². The van der Waals surface area contributed by atoms with Crippen molar-refractivity contribution in [3.8, 4) is 0 Å². The highest BCUT2D eigenvalue weighted by molar-refractivity contribution is 6.30. The van der Waals surface area contributed by atoms with Crippen molar-refractivity contribution >= 4 is 23.4 Å². The zero-order valence-corrected chi connectivity index (χ0v) is 11.5. The van der Waals surface area contributed by atoms with Crippen LogP contribution in [0.5, 0.6) is 0 Å². The molecule has 19 heavy (non-hydrogen) atoms. The van der Waals surface area contributed by atoms with Crippen molar-refractivity contribution in [2.24, 2.45) is 0 Å². The van der Waals surface area contributed by atoms with E-state index in [1.807, 2.05) is 0 Å². The van der Waals surface area contributed by atoms with Crippen molar-refractivity contribution in [3.05, 3.63) is 34.6 Å². The molecule has 0 saturated carbocycles. The minimum absolute atomic E-state index is 0.0523. The first-order chi connectivity index (χ1) is 9.04. The number of halogens is 2. The molecule has 1 aromatic rings. The van der Waals surface area contributed by atoms with Crippen molar-refractivity contribution < 1.29 is 18.7 Å². The Balaban J connectivity index is 2.38. The van der Waals surface area contributed by atoms with Gasteiger partial charge >= 0.3 is 5.97 Å². The molecule has 0 aliphatic heterocycles. The third-order valence-corrected chi connectivity index (χ3v) is 2.91. The van der Waals surface area contributed by atoms with Crippen LogP contribution < -0.4 is 0 Å². The van der Waals surface area contributed by atoms with Crippen molar-refractivity contribution in [1.29, 1.82) is 0 Å². The van der Waals surface area contributed by atoms with Crippen LogP contribution in [0.15, 0.2) is 18.2 Å². The number of Topliss-reactive ketones (excluding diaryl/α,β-unsaturated/α-hetero) is 1. The van der Waals surface area contributed by atoms with Gasteiger partial charge in [-0.2, -0.15) is 0 Å². The van der Waals surface area contributed by atoms with Crippen LogP contribution in [0.3, 0.4) is 0 Å². The second-order valence-corrected chi connectivity index (χ2v) is 4.46. The summed E-state index contributed by atoms with van der Waals surface area (Å²) in [5.74, 6) is -0.959. The fourth-order valence-electron chi connectivity index (χ4n) is 1.62. The molecule has 0 saturated heterocycles. The van der Waals surface area contributed by atoms with Crippen LogP contribution in [0.2, 0.25) is 5.02 Å².